The highest BCUT2D eigenvalue weighted by molar-refractivity contribution is 6.26. The predicted molar refractivity (Wildman–Crippen MR) is 201 cm³/mol. The third-order valence-electron chi connectivity index (χ3n) is 9.50. The molecule has 0 unspecified atom stereocenters. The fraction of sp³-hybridized carbons (Fsp3) is 0.244. The molecule has 0 aliphatic carbocycles. The molecule has 0 radical (unpaired) electrons. The number of amides is 2. The Labute approximate surface area is 288 Å². The Morgan fingerprint density at radius 2 is 1.16 bits per heavy atom. The minimum absolute atomic E-state index is 0.209. The van der Waals surface area contributed by atoms with Gasteiger partial charge in [0.2, 0.25) is 0 Å². The van der Waals surface area contributed by atoms with Crippen LogP contribution in [-0.2, 0) is 6.54 Å². The van der Waals surface area contributed by atoms with Crippen molar-refractivity contribution in [2.24, 2.45) is 0 Å². The summed E-state index contributed by atoms with van der Waals surface area (Å²) in [5.74, 6) is 12.9. The highest BCUT2D eigenvalue weighted by atomic mass is 16.2. The maximum atomic E-state index is 13.5. The van der Waals surface area contributed by atoms with Gasteiger partial charge >= 0.3 is 0 Å². The summed E-state index contributed by atoms with van der Waals surface area (Å²) in [5, 5.41) is 4.02. The molecule has 1 aliphatic rings. The van der Waals surface area contributed by atoms with Crippen molar-refractivity contribution >= 4 is 44.4 Å². The Kier molecular flexibility index (Phi) is 9.31. The van der Waals surface area contributed by atoms with Crippen LogP contribution in [0.2, 0.25) is 0 Å². The highest BCUT2D eigenvalue weighted by Crippen LogP contribution is 2.33. The lowest BCUT2D eigenvalue weighted by Gasteiger charge is -2.27. The van der Waals surface area contributed by atoms with E-state index in [1.807, 2.05) is 54.6 Å². The normalized spacial score (nSPS) is 12.3. The number of unbranched alkanes of at least 4 members (excludes halogenated alkanes) is 5. The third kappa shape index (κ3) is 6.36. The Hall–Kier alpha value is -5.58. The molecule has 0 N–H and O–H groups in total. The van der Waals surface area contributed by atoms with E-state index >= 15 is 0 Å². The molecule has 4 nitrogen and oxygen atoms in total. The quantitative estimate of drug-likeness (QED) is 0.0897. The number of fused-ring (bicyclic) bond motifs is 3. The Morgan fingerprint density at radius 3 is 1.96 bits per heavy atom. The van der Waals surface area contributed by atoms with Gasteiger partial charge in [-0.1, -0.05) is 106 Å². The topological polar surface area (TPSA) is 42.3 Å². The molecule has 4 heteroatoms. The average molecular weight is 641 g/mol. The van der Waals surface area contributed by atoms with Gasteiger partial charge in [-0.3, -0.25) is 14.5 Å². The van der Waals surface area contributed by atoms with E-state index < -0.39 is 0 Å². The zero-order chi connectivity index (χ0) is 33.7. The van der Waals surface area contributed by atoms with Crippen LogP contribution in [0.25, 0.3) is 32.6 Å². The number of benzene rings is 5. The molecule has 0 saturated carbocycles. The van der Waals surface area contributed by atoms with Gasteiger partial charge in [-0.25, -0.2) is 0 Å². The van der Waals surface area contributed by atoms with Crippen molar-refractivity contribution in [1.82, 2.24) is 9.47 Å². The van der Waals surface area contributed by atoms with E-state index in [1.54, 1.807) is 0 Å². The predicted octanol–water partition coefficient (Wildman–Crippen LogP) is 10.1. The zero-order valence-electron chi connectivity index (χ0n) is 28.3. The molecule has 6 aromatic rings. The summed E-state index contributed by atoms with van der Waals surface area (Å²) in [6.07, 6.45) is 7.69. The lowest BCUT2D eigenvalue weighted by Crippen LogP contribution is -2.40. The first-order valence-corrected chi connectivity index (χ1v) is 17.6. The van der Waals surface area contributed by atoms with Gasteiger partial charge in [0.25, 0.3) is 11.8 Å². The van der Waals surface area contributed by atoms with Gasteiger partial charge in [0.1, 0.15) is 0 Å². The molecular formula is C45H40N2O2. The summed E-state index contributed by atoms with van der Waals surface area (Å²) in [6.45, 7) is 5.85. The van der Waals surface area contributed by atoms with Crippen molar-refractivity contribution < 1.29 is 9.59 Å². The largest absolute Gasteiger partial charge is 0.340 e. The standard InChI is InChI=1S/C45H40N2O2/c1-3-5-6-7-8-11-29-47-44(48)38-18-13-17-36-35(25-26-39(43(36)38)45(47)49)24-22-33-15-12-14-32(30-33)20-21-34-23-27-42-40(31-34)37-16-9-10-19-41(37)46(42)28-4-2/h9-10,12-19,23,25-27,30-31H,3-8,11,28-29H2,1-2H3. The van der Waals surface area contributed by atoms with Crippen LogP contribution in [0.1, 0.15) is 102 Å². The fourth-order valence-electron chi connectivity index (χ4n) is 7.06. The molecule has 0 fully saturated rings. The van der Waals surface area contributed by atoms with Crippen LogP contribution >= 0.6 is 0 Å². The molecule has 2 heterocycles. The van der Waals surface area contributed by atoms with Crippen molar-refractivity contribution in [3.63, 3.8) is 0 Å². The lowest BCUT2D eigenvalue weighted by molar-refractivity contribution is 0.0607. The van der Waals surface area contributed by atoms with Crippen molar-refractivity contribution in [2.45, 2.75) is 65.3 Å². The maximum absolute atomic E-state index is 13.5. The highest BCUT2D eigenvalue weighted by Gasteiger charge is 2.32. The van der Waals surface area contributed by atoms with Crippen molar-refractivity contribution in [3.8, 4) is 23.7 Å². The number of carbonyl (C=O) groups excluding carboxylic acids is 2. The number of carbonyl (C=O) groups is 2. The van der Waals surface area contributed by atoms with Crippen LogP contribution < -0.4 is 0 Å². The van der Waals surface area contributed by atoms with E-state index in [4.69, 9.17) is 0 Å². The van der Waals surface area contributed by atoms with E-state index in [9.17, 15) is 9.59 Å². The van der Waals surface area contributed by atoms with Crippen LogP contribution in [0, 0.1) is 23.7 Å². The van der Waals surface area contributed by atoms with E-state index in [2.05, 4.69) is 84.6 Å². The molecule has 1 aromatic heterocycles. The number of hydrogen-bond acceptors (Lipinski definition) is 2. The number of nitrogens with zero attached hydrogens (tertiary/aromatic N) is 2. The first-order valence-electron chi connectivity index (χ1n) is 17.6. The maximum Gasteiger partial charge on any atom is 0.261 e. The smallest absolute Gasteiger partial charge is 0.261 e. The molecule has 2 amide bonds. The number of aryl methyl sites for hydroxylation is 1. The summed E-state index contributed by atoms with van der Waals surface area (Å²) in [7, 11) is 0. The molecule has 0 saturated heterocycles. The lowest BCUT2D eigenvalue weighted by atomic mass is 9.91. The van der Waals surface area contributed by atoms with E-state index in [-0.39, 0.29) is 11.8 Å². The van der Waals surface area contributed by atoms with Crippen molar-refractivity contribution in [2.75, 3.05) is 6.54 Å². The van der Waals surface area contributed by atoms with E-state index in [0.29, 0.717) is 23.1 Å². The summed E-state index contributed by atoms with van der Waals surface area (Å²) < 4.78 is 2.40. The second-order valence-electron chi connectivity index (χ2n) is 12.9. The van der Waals surface area contributed by atoms with Gasteiger partial charge in [0.15, 0.2) is 0 Å². The molecule has 5 aromatic carbocycles. The summed E-state index contributed by atoms with van der Waals surface area (Å²) in [6, 6.07) is 32.4. The van der Waals surface area contributed by atoms with Gasteiger partial charge in [-0.15, -0.1) is 0 Å². The fourth-order valence-corrected chi connectivity index (χ4v) is 7.06. The van der Waals surface area contributed by atoms with E-state index in [0.717, 1.165) is 59.9 Å². The summed E-state index contributed by atoms with van der Waals surface area (Å²) in [5.41, 5.74) is 7.15. The van der Waals surface area contributed by atoms with Gasteiger partial charge in [-0.05, 0) is 78.9 Å². The monoisotopic (exact) mass is 640 g/mol. The van der Waals surface area contributed by atoms with Crippen molar-refractivity contribution in [1.29, 1.82) is 0 Å². The Balaban J connectivity index is 1.13. The minimum atomic E-state index is -0.209. The number of aromatic nitrogens is 1. The van der Waals surface area contributed by atoms with Crippen LogP contribution in [-0.4, -0.2) is 27.8 Å². The average Bonchev–Trinajstić information content (AvgIpc) is 3.44. The third-order valence-corrected chi connectivity index (χ3v) is 9.50. The molecule has 0 spiro atoms. The summed E-state index contributed by atoms with van der Waals surface area (Å²) >= 11 is 0. The number of hydrogen-bond donors (Lipinski definition) is 0. The summed E-state index contributed by atoms with van der Waals surface area (Å²) in [4.78, 5) is 28.4. The SMILES string of the molecule is CCCCCCCCN1C(=O)c2cccc3c(C#Cc4cccc(C#Cc5ccc6c(c5)c5ccccc5n6CCC)c4)ccc(c23)C1=O. The number of para-hydroxylation sites is 1. The Morgan fingerprint density at radius 1 is 0.510 bits per heavy atom. The van der Waals surface area contributed by atoms with Crippen LogP contribution in [0.4, 0.5) is 0 Å². The second kappa shape index (κ2) is 14.3. The Bertz CT molecular complexity index is 2330. The molecule has 1 aliphatic heterocycles. The minimum Gasteiger partial charge on any atom is -0.340 e. The first kappa shape index (κ1) is 32.0. The van der Waals surface area contributed by atoms with Gasteiger partial charge in [-0.2, -0.15) is 0 Å². The molecule has 242 valence electrons. The van der Waals surface area contributed by atoms with Gasteiger partial charge in [0, 0.05) is 73.7 Å². The molecule has 49 heavy (non-hydrogen) atoms. The van der Waals surface area contributed by atoms with E-state index in [1.165, 1.54) is 46.0 Å². The van der Waals surface area contributed by atoms with Crippen LogP contribution in [0.15, 0.2) is 97.1 Å². The van der Waals surface area contributed by atoms with Crippen LogP contribution in [0.5, 0.6) is 0 Å². The number of imide groups is 1. The number of rotatable bonds is 9. The second-order valence-corrected chi connectivity index (χ2v) is 12.9. The zero-order valence-corrected chi connectivity index (χ0v) is 28.3. The molecule has 7 rings (SSSR count). The van der Waals surface area contributed by atoms with Crippen LogP contribution in [0.3, 0.4) is 0 Å². The van der Waals surface area contributed by atoms with Gasteiger partial charge in [0.05, 0.1) is 0 Å². The molecule has 0 bridgehead atoms. The molecule has 0 atom stereocenters. The first-order chi connectivity index (χ1) is 24.1. The molecular weight excluding hydrogens is 601 g/mol. The van der Waals surface area contributed by atoms with Crippen molar-refractivity contribution in [3.05, 3.63) is 130 Å². The van der Waals surface area contributed by atoms with Gasteiger partial charge < -0.3 is 4.57 Å².